The van der Waals surface area contributed by atoms with E-state index in [0.29, 0.717) is 19.4 Å². The number of hydrogen-bond donors (Lipinski definition) is 3. The maximum absolute atomic E-state index is 9.90. The molecule has 0 bridgehead atoms. The summed E-state index contributed by atoms with van der Waals surface area (Å²) < 4.78 is 0. The van der Waals surface area contributed by atoms with Crippen LogP contribution in [0.4, 0.5) is 0 Å². The second-order valence-electron chi connectivity index (χ2n) is 5.90. The summed E-state index contributed by atoms with van der Waals surface area (Å²) >= 11 is 0. The average Bonchev–Trinajstić information content (AvgIpc) is 2.50. The van der Waals surface area contributed by atoms with Gasteiger partial charge in [-0.2, -0.15) is 0 Å². The molecule has 0 radical (unpaired) electrons. The molecule has 0 heterocycles. The molecule has 0 aliphatic carbocycles. The van der Waals surface area contributed by atoms with Crippen molar-refractivity contribution in [1.29, 1.82) is 0 Å². The summed E-state index contributed by atoms with van der Waals surface area (Å²) in [7, 11) is 0. The number of aliphatic hydroxyl groups is 1. The van der Waals surface area contributed by atoms with Crippen LogP contribution in [0.25, 0.3) is 0 Å². The van der Waals surface area contributed by atoms with Crippen molar-refractivity contribution in [3.05, 3.63) is 0 Å². The van der Waals surface area contributed by atoms with Crippen molar-refractivity contribution in [2.24, 2.45) is 0 Å². The molecule has 0 aromatic rings. The quantitative estimate of drug-likeness (QED) is 0.380. The van der Waals surface area contributed by atoms with E-state index in [1.165, 1.54) is 57.8 Å². The number of aliphatic carboxylic acids is 2. The van der Waals surface area contributed by atoms with Gasteiger partial charge >= 0.3 is 11.9 Å². The SMILES string of the molecule is CCCCCCCCCCCCO.O=C(O)CCCCC(=O)O. The molecule has 0 atom stereocenters. The standard InChI is InChI=1S/C12H26O.C6H10O4/c1-2-3-4-5-6-7-8-9-10-11-12-13;7-5(8)3-1-2-4-6(9)10/h13H,2-12H2,1H3;1-4H2,(H,7,8)(H,9,10). The Labute approximate surface area is 141 Å². The summed E-state index contributed by atoms with van der Waals surface area (Å²) in [5.74, 6) is -1.74. The highest BCUT2D eigenvalue weighted by Gasteiger charge is 1.99. The summed E-state index contributed by atoms with van der Waals surface area (Å²) in [6, 6.07) is 0. The van der Waals surface area contributed by atoms with E-state index in [2.05, 4.69) is 6.92 Å². The molecule has 0 aliphatic heterocycles. The van der Waals surface area contributed by atoms with Gasteiger partial charge in [-0.25, -0.2) is 0 Å². The third-order valence-corrected chi connectivity index (χ3v) is 3.54. The number of hydrogen-bond acceptors (Lipinski definition) is 3. The van der Waals surface area contributed by atoms with Crippen molar-refractivity contribution >= 4 is 11.9 Å². The molecule has 0 saturated heterocycles. The average molecular weight is 332 g/mol. The molecule has 0 rings (SSSR count). The Morgan fingerprint density at radius 1 is 0.609 bits per heavy atom. The third-order valence-electron chi connectivity index (χ3n) is 3.54. The maximum atomic E-state index is 9.90. The van der Waals surface area contributed by atoms with Gasteiger partial charge in [0.25, 0.3) is 0 Å². The first-order valence-electron chi connectivity index (χ1n) is 9.09. The van der Waals surface area contributed by atoms with Crippen molar-refractivity contribution < 1.29 is 24.9 Å². The van der Waals surface area contributed by atoms with E-state index in [0.717, 1.165) is 6.42 Å². The van der Waals surface area contributed by atoms with Crippen molar-refractivity contribution in [3.8, 4) is 0 Å². The molecule has 5 nitrogen and oxygen atoms in total. The Balaban J connectivity index is 0. The molecule has 0 aromatic heterocycles. The van der Waals surface area contributed by atoms with Crippen LogP contribution in [0.3, 0.4) is 0 Å². The van der Waals surface area contributed by atoms with Gasteiger partial charge in [0.15, 0.2) is 0 Å². The van der Waals surface area contributed by atoms with Gasteiger partial charge in [0.2, 0.25) is 0 Å². The minimum absolute atomic E-state index is 0.0628. The molecule has 3 N–H and O–H groups in total. The summed E-state index contributed by atoms with van der Waals surface area (Å²) in [5, 5.41) is 24.8. The van der Waals surface area contributed by atoms with Crippen LogP contribution in [0, 0.1) is 0 Å². The molecule has 0 unspecified atom stereocenters. The summed E-state index contributed by atoms with van der Waals surface area (Å²) in [6.45, 7) is 2.63. The zero-order chi connectivity index (χ0) is 17.8. The maximum Gasteiger partial charge on any atom is 0.303 e. The van der Waals surface area contributed by atoms with E-state index in [4.69, 9.17) is 15.3 Å². The molecule has 0 saturated carbocycles. The molecular weight excluding hydrogens is 296 g/mol. The van der Waals surface area contributed by atoms with E-state index in [1.807, 2.05) is 0 Å². The van der Waals surface area contributed by atoms with Crippen LogP contribution >= 0.6 is 0 Å². The zero-order valence-electron chi connectivity index (χ0n) is 14.8. The molecular formula is C18H36O5. The monoisotopic (exact) mass is 332 g/mol. The molecule has 138 valence electrons. The van der Waals surface area contributed by atoms with E-state index in [1.54, 1.807) is 0 Å². The minimum atomic E-state index is -0.870. The van der Waals surface area contributed by atoms with Gasteiger partial charge in [0.1, 0.15) is 0 Å². The second kappa shape index (κ2) is 20.9. The normalized spacial score (nSPS) is 10.0. The van der Waals surface area contributed by atoms with Gasteiger partial charge in [-0.15, -0.1) is 0 Å². The number of unbranched alkanes of at least 4 members (excludes halogenated alkanes) is 10. The van der Waals surface area contributed by atoms with Gasteiger partial charge in [0, 0.05) is 19.4 Å². The first kappa shape index (κ1) is 24.2. The van der Waals surface area contributed by atoms with E-state index < -0.39 is 11.9 Å². The van der Waals surface area contributed by atoms with Crippen LogP contribution in [0.2, 0.25) is 0 Å². The van der Waals surface area contributed by atoms with Crippen LogP contribution < -0.4 is 0 Å². The Kier molecular flexibility index (Phi) is 22.0. The Hall–Kier alpha value is -1.10. The lowest BCUT2D eigenvalue weighted by atomic mass is 10.1. The van der Waals surface area contributed by atoms with Gasteiger partial charge < -0.3 is 15.3 Å². The van der Waals surface area contributed by atoms with Gasteiger partial charge in [-0.05, 0) is 19.3 Å². The topological polar surface area (TPSA) is 94.8 Å². The fourth-order valence-corrected chi connectivity index (χ4v) is 2.15. The predicted octanol–water partition coefficient (Wildman–Crippen LogP) is 4.62. The Morgan fingerprint density at radius 2 is 0.957 bits per heavy atom. The summed E-state index contributed by atoms with van der Waals surface area (Å²) in [5.41, 5.74) is 0. The van der Waals surface area contributed by atoms with E-state index in [-0.39, 0.29) is 12.8 Å². The fraction of sp³-hybridized carbons (Fsp3) is 0.889. The van der Waals surface area contributed by atoms with Gasteiger partial charge in [-0.3, -0.25) is 9.59 Å². The first-order valence-corrected chi connectivity index (χ1v) is 9.09. The van der Waals surface area contributed by atoms with Crippen molar-refractivity contribution in [1.82, 2.24) is 0 Å². The van der Waals surface area contributed by atoms with E-state index in [9.17, 15) is 9.59 Å². The second-order valence-corrected chi connectivity index (χ2v) is 5.90. The minimum Gasteiger partial charge on any atom is -0.481 e. The summed E-state index contributed by atoms with van der Waals surface area (Å²) in [4.78, 5) is 19.8. The van der Waals surface area contributed by atoms with Crippen LogP contribution in [0.5, 0.6) is 0 Å². The number of rotatable bonds is 15. The third kappa shape index (κ3) is 29.5. The molecule has 0 fully saturated rings. The molecule has 23 heavy (non-hydrogen) atoms. The molecule has 0 spiro atoms. The van der Waals surface area contributed by atoms with Crippen LogP contribution in [0.1, 0.15) is 96.8 Å². The molecule has 5 heteroatoms. The number of aliphatic hydroxyl groups excluding tert-OH is 1. The van der Waals surface area contributed by atoms with Crippen molar-refractivity contribution in [2.45, 2.75) is 96.8 Å². The lowest BCUT2D eigenvalue weighted by Gasteiger charge is -2.00. The molecule has 0 amide bonds. The lowest BCUT2D eigenvalue weighted by molar-refractivity contribution is -0.139. The van der Waals surface area contributed by atoms with Gasteiger partial charge in [-0.1, -0.05) is 64.7 Å². The largest absolute Gasteiger partial charge is 0.481 e. The Bertz CT molecular complexity index is 240. The number of carboxylic acid groups (broad SMARTS) is 2. The van der Waals surface area contributed by atoms with Crippen molar-refractivity contribution in [2.75, 3.05) is 6.61 Å². The van der Waals surface area contributed by atoms with Gasteiger partial charge in [0.05, 0.1) is 0 Å². The first-order chi connectivity index (χ1) is 11.0. The van der Waals surface area contributed by atoms with Crippen LogP contribution in [-0.4, -0.2) is 33.9 Å². The lowest BCUT2D eigenvalue weighted by Crippen LogP contribution is -1.97. The van der Waals surface area contributed by atoms with Crippen LogP contribution in [-0.2, 0) is 9.59 Å². The van der Waals surface area contributed by atoms with Crippen LogP contribution in [0.15, 0.2) is 0 Å². The highest BCUT2D eigenvalue weighted by Crippen LogP contribution is 2.10. The number of carboxylic acids is 2. The summed E-state index contributed by atoms with van der Waals surface area (Å²) in [6.07, 6.45) is 14.3. The molecule has 0 aliphatic rings. The number of carbonyl (C=O) groups is 2. The smallest absolute Gasteiger partial charge is 0.303 e. The predicted molar refractivity (Wildman–Crippen MR) is 92.7 cm³/mol. The van der Waals surface area contributed by atoms with Crippen molar-refractivity contribution in [3.63, 3.8) is 0 Å². The molecule has 0 aromatic carbocycles. The zero-order valence-corrected chi connectivity index (χ0v) is 14.8. The Morgan fingerprint density at radius 3 is 1.26 bits per heavy atom. The highest BCUT2D eigenvalue weighted by molar-refractivity contribution is 5.67. The highest BCUT2D eigenvalue weighted by atomic mass is 16.4. The fourth-order valence-electron chi connectivity index (χ4n) is 2.15. The van der Waals surface area contributed by atoms with E-state index >= 15 is 0 Å².